The van der Waals surface area contributed by atoms with Crippen molar-refractivity contribution in [3.05, 3.63) is 52.0 Å². The Hall–Kier alpha value is -3.27. The summed E-state index contributed by atoms with van der Waals surface area (Å²) in [6.07, 6.45) is 1.69. The number of ketones is 1. The van der Waals surface area contributed by atoms with Crippen LogP contribution in [0.3, 0.4) is 0 Å². The van der Waals surface area contributed by atoms with E-state index in [0.29, 0.717) is 38.6 Å². The molecule has 0 fully saturated rings. The van der Waals surface area contributed by atoms with Crippen LogP contribution in [0.5, 0.6) is 0 Å². The van der Waals surface area contributed by atoms with Gasteiger partial charge in [0, 0.05) is 18.3 Å². The van der Waals surface area contributed by atoms with Crippen molar-refractivity contribution in [1.29, 1.82) is 0 Å². The van der Waals surface area contributed by atoms with Gasteiger partial charge in [-0.15, -0.1) is 11.3 Å². The van der Waals surface area contributed by atoms with Crippen molar-refractivity contribution in [2.24, 2.45) is 5.92 Å². The average Bonchev–Trinajstić information content (AvgIpc) is 3.28. The number of nitrogens with one attached hydrogen (secondary N) is 3. The van der Waals surface area contributed by atoms with E-state index in [1.54, 1.807) is 11.3 Å². The van der Waals surface area contributed by atoms with Gasteiger partial charge in [-0.25, -0.2) is 9.78 Å². The summed E-state index contributed by atoms with van der Waals surface area (Å²) < 4.78 is 5.26. The molecule has 2 atom stereocenters. The number of aryl methyl sites for hydroxylation is 1. The minimum atomic E-state index is -0.988. The molecule has 3 amide bonds. The molecule has 10 heteroatoms. The van der Waals surface area contributed by atoms with E-state index in [9.17, 15) is 19.2 Å². The zero-order chi connectivity index (χ0) is 25.2. The molecule has 0 radical (unpaired) electrons. The van der Waals surface area contributed by atoms with Crippen LogP contribution in [-0.4, -0.2) is 47.3 Å². The Balaban J connectivity index is 1.63. The van der Waals surface area contributed by atoms with Gasteiger partial charge in [0.05, 0.1) is 16.7 Å². The Bertz CT molecular complexity index is 1020. The second kappa shape index (κ2) is 13.0. The zero-order valence-corrected chi connectivity index (χ0v) is 20.9. The number of hydrogen-bond donors (Lipinski definition) is 3. The van der Waals surface area contributed by atoms with E-state index in [4.69, 9.17) is 4.74 Å². The predicted octanol–water partition coefficient (Wildman–Crippen LogP) is 2.53. The fourth-order valence-electron chi connectivity index (χ4n) is 3.74. The van der Waals surface area contributed by atoms with Crippen LogP contribution >= 0.6 is 11.3 Å². The van der Waals surface area contributed by atoms with Gasteiger partial charge in [0.15, 0.2) is 0 Å². The molecular weight excluding hydrogens is 468 g/mol. The van der Waals surface area contributed by atoms with Gasteiger partial charge < -0.3 is 20.7 Å². The van der Waals surface area contributed by atoms with Gasteiger partial charge in [0.25, 0.3) is 5.91 Å². The van der Waals surface area contributed by atoms with E-state index < -0.39 is 35.8 Å². The molecule has 3 rings (SSSR count). The van der Waals surface area contributed by atoms with Crippen molar-refractivity contribution >= 4 is 35.0 Å². The minimum absolute atomic E-state index is 0.0719. The first kappa shape index (κ1) is 26.3. The normalized spacial score (nSPS) is 17.5. The molecule has 3 N–H and O–H groups in total. The van der Waals surface area contributed by atoms with Gasteiger partial charge in [0.2, 0.25) is 11.7 Å². The van der Waals surface area contributed by atoms with Crippen molar-refractivity contribution in [2.45, 2.75) is 64.6 Å². The Morgan fingerprint density at radius 1 is 1.20 bits per heavy atom. The fourth-order valence-corrected chi connectivity index (χ4v) is 4.61. The Morgan fingerprint density at radius 3 is 2.71 bits per heavy atom. The lowest BCUT2D eigenvalue weighted by atomic mass is 10.0. The van der Waals surface area contributed by atoms with Crippen molar-refractivity contribution in [2.75, 3.05) is 6.54 Å². The third-order valence-corrected chi connectivity index (χ3v) is 6.49. The third kappa shape index (κ3) is 8.47. The van der Waals surface area contributed by atoms with E-state index in [1.807, 2.05) is 49.6 Å². The Kier molecular flexibility index (Phi) is 9.77. The molecular formula is C25H32N4O5S. The van der Waals surface area contributed by atoms with Crippen LogP contribution in [0.2, 0.25) is 0 Å². The third-order valence-electron chi connectivity index (χ3n) is 5.53. The zero-order valence-electron chi connectivity index (χ0n) is 20.0. The number of carbonyl (C=O) groups excluding carboxylic acids is 4. The highest BCUT2D eigenvalue weighted by Gasteiger charge is 2.30. The molecule has 0 saturated carbocycles. The largest absolute Gasteiger partial charge is 0.445 e. The number of benzene rings is 1. The van der Waals surface area contributed by atoms with Crippen molar-refractivity contribution in [3.8, 4) is 0 Å². The summed E-state index contributed by atoms with van der Waals surface area (Å²) >= 11 is 1.55. The lowest BCUT2D eigenvalue weighted by Crippen LogP contribution is -2.54. The SMILES string of the molecule is CC(C)CC(NC(=O)OCc1ccccc1)C(=O)NC1CCCc2nc(cs2)CCNC(=O)C1=O. The molecule has 1 aromatic carbocycles. The van der Waals surface area contributed by atoms with Crippen LogP contribution in [0.4, 0.5) is 4.79 Å². The van der Waals surface area contributed by atoms with Crippen LogP contribution in [0.15, 0.2) is 35.7 Å². The van der Waals surface area contributed by atoms with E-state index in [-0.39, 0.29) is 12.5 Å². The molecule has 188 valence electrons. The minimum Gasteiger partial charge on any atom is -0.445 e. The predicted molar refractivity (Wildman–Crippen MR) is 132 cm³/mol. The van der Waals surface area contributed by atoms with E-state index in [1.165, 1.54) is 0 Å². The fraction of sp³-hybridized carbons (Fsp3) is 0.480. The number of Topliss-reactive ketones (excluding diaryl/α,β-unsaturated/α-hetero) is 1. The Labute approximate surface area is 209 Å². The van der Waals surface area contributed by atoms with E-state index in [0.717, 1.165) is 16.3 Å². The quantitative estimate of drug-likeness (QED) is 0.502. The molecule has 2 heterocycles. The molecule has 9 nitrogen and oxygen atoms in total. The second-order valence-corrected chi connectivity index (χ2v) is 9.89. The van der Waals surface area contributed by atoms with Gasteiger partial charge >= 0.3 is 6.09 Å². The molecule has 0 saturated heterocycles. The first-order valence-corrected chi connectivity index (χ1v) is 12.7. The number of nitrogens with zero attached hydrogens (tertiary/aromatic N) is 1. The van der Waals surface area contributed by atoms with E-state index >= 15 is 0 Å². The maximum Gasteiger partial charge on any atom is 0.408 e. The highest BCUT2D eigenvalue weighted by Crippen LogP contribution is 2.15. The highest BCUT2D eigenvalue weighted by molar-refractivity contribution is 7.09. The molecule has 2 aromatic rings. The van der Waals surface area contributed by atoms with Crippen LogP contribution in [0, 0.1) is 5.92 Å². The summed E-state index contributed by atoms with van der Waals surface area (Å²) in [5.74, 6) is -1.86. The summed E-state index contributed by atoms with van der Waals surface area (Å²) in [7, 11) is 0. The molecule has 0 aliphatic carbocycles. The molecule has 1 aliphatic rings. The first-order valence-electron chi connectivity index (χ1n) is 11.8. The van der Waals surface area contributed by atoms with Crippen LogP contribution < -0.4 is 16.0 Å². The summed E-state index contributed by atoms with van der Waals surface area (Å²) in [6.45, 7) is 4.21. The Morgan fingerprint density at radius 2 is 1.97 bits per heavy atom. The van der Waals surface area contributed by atoms with Crippen molar-refractivity contribution in [1.82, 2.24) is 20.9 Å². The number of hydrogen-bond acceptors (Lipinski definition) is 7. The monoisotopic (exact) mass is 500 g/mol. The van der Waals surface area contributed by atoms with Crippen LogP contribution in [-0.2, 0) is 38.6 Å². The lowest BCUT2D eigenvalue weighted by Gasteiger charge is -2.23. The number of thiazole rings is 1. The number of aromatic nitrogens is 1. The molecule has 1 aromatic heterocycles. The van der Waals surface area contributed by atoms with Gasteiger partial charge in [0.1, 0.15) is 12.6 Å². The topological polar surface area (TPSA) is 126 Å². The number of ether oxygens (including phenoxy) is 1. The smallest absolute Gasteiger partial charge is 0.408 e. The maximum atomic E-state index is 13.1. The van der Waals surface area contributed by atoms with Crippen molar-refractivity contribution in [3.63, 3.8) is 0 Å². The highest BCUT2D eigenvalue weighted by atomic mass is 32.1. The van der Waals surface area contributed by atoms with Crippen LogP contribution in [0.1, 0.15) is 49.4 Å². The number of amides is 3. The van der Waals surface area contributed by atoms with E-state index in [2.05, 4.69) is 20.9 Å². The standard InChI is InChI=1S/C25H32N4O5S/c1-16(2)13-20(29-25(33)34-14-17-7-4-3-5-8-17)23(31)28-19-9-6-10-21-27-18(15-35-21)11-12-26-24(32)22(19)30/h3-5,7-8,15-16,19-20H,6,9-14H2,1-2H3,(H,26,32)(H,28,31)(H,29,33). The molecule has 35 heavy (non-hydrogen) atoms. The second-order valence-electron chi connectivity index (χ2n) is 8.94. The molecule has 2 bridgehead atoms. The van der Waals surface area contributed by atoms with Gasteiger partial charge in [-0.3, -0.25) is 14.4 Å². The molecule has 2 unspecified atom stereocenters. The summed E-state index contributed by atoms with van der Waals surface area (Å²) in [5, 5.41) is 10.8. The lowest BCUT2D eigenvalue weighted by molar-refractivity contribution is -0.140. The number of rotatable bonds is 7. The molecule has 1 aliphatic heterocycles. The summed E-state index contributed by atoms with van der Waals surface area (Å²) in [6, 6.07) is 7.32. The summed E-state index contributed by atoms with van der Waals surface area (Å²) in [4.78, 5) is 55.3. The number of fused-ring (bicyclic) bond motifs is 2. The summed E-state index contributed by atoms with van der Waals surface area (Å²) in [5.41, 5.74) is 1.72. The average molecular weight is 501 g/mol. The van der Waals surface area contributed by atoms with Crippen molar-refractivity contribution < 1.29 is 23.9 Å². The maximum absolute atomic E-state index is 13.1. The number of carbonyl (C=O) groups is 4. The molecule has 0 spiro atoms. The van der Waals surface area contributed by atoms with Crippen LogP contribution in [0.25, 0.3) is 0 Å². The first-order chi connectivity index (χ1) is 16.8. The van der Waals surface area contributed by atoms with Gasteiger partial charge in [-0.05, 0) is 37.2 Å². The van der Waals surface area contributed by atoms with Gasteiger partial charge in [-0.1, -0.05) is 44.2 Å². The van der Waals surface area contributed by atoms with Gasteiger partial charge in [-0.2, -0.15) is 0 Å². The number of alkyl carbamates (subject to hydrolysis) is 1.